The highest BCUT2D eigenvalue weighted by molar-refractivity contribution is 7.90. The van der Waals surface area contributed by atoms with Gasteiger partial charge in [-0.2, -0.15) is 0 Å². The summed E-state index contributed by atoms with van der Waals surface area (Å²) in [5, 5.41) is 14.6. The monoisotopic (exact) mass is 507 g/mol. The van der Waals surface area contributed by atoms with E-state index >= 15 is 0 Å². The van der Waals surface area contributed by atoms with Crippen molar-refractivity contribution in [2.75, 3.05) is 12.0 Å². The number of ketones is 1. The van der Waals surface area contributed by atoms with Crippen molar-refractivity contribution in [3.63, 3.8) is 0 Å². The Kier molecular flexibility index (Phi) is 4.42. The summed E-state index contributed by atoms with van der Waals surface area (Å²) in [5.41, 5.74) is 6.17. The Morgan fingerprint density at radius 3 is 2.58 bits per heavy atom. The van der Waals surface area contributed by atoms with Gasteiger partial charge < -0.3 is 25.9 Å². The summed E-state index contributed by atoms with van der Waals surface area (Å²) in [7, 11) is -3.61. The van der Waals surface area contributed by atoms with Crippen LogP contribution in [0.5, 0.6) is 5.75 Å². The van der Waals surface area contributed by atoms with Crippen molar-refractivity contribution in [1.29, 1.82) is 0 Å². The molecule has 10 heteroatoms. The summed E-state index contributed by atoms with van der Waals surface area (Å²) < 4.78 is 30.2. The Morgan fingerprint density at radius 1 is 1.22 bits per heavy atom. The second-order valence-corrected chi connectivity index (χ2v) is 12.1. The molecule has 9 nitrogen and oxygen atoms in total. The van der Waals surface area contributed by atoms with Gasteiger partial charge in [0.15, 0.2) is 9.84 Å². The molecular weight excluding hydrogens is 482 g/mol. The average Bonchev–Trinajstić information content (AvgIpc) is 3.22. The summed E-state index contributed by atoms with van der Waals surface area (Å²) in [6, 6.07) is 11.5. The quantitative estimate of drug-likeness (QED) is 0.396. The molecular formula is C26H25N3O6S. The van der Waals surface area contributed by atoms with Crippen molar-refractivity contribution in [1.82, 2.24) is 10.3 Å². The maximum atomic E-state index is 14.0. The van der Waals surface area contributed by atoms with E-state index in [1.54, 1.807) is 31.2 Å². The topological polar surface area (TPSA) is 152 Å². The van der Waals surface area contributed by atoms with Crippen molar-refractivity contribution < 1.29 is 27.9 Å². The Balaban J connectivity index is 1.52. The normalized spacial score (nSPS) is 27.7. The van der Waals surface area contributed by atoms with Gasteiger partial charge in [0, 0.05) is 23.1 Å². The van der Waals surface area contributed by atoms with Crippen molar-refractivity contribution in [2.45, 2.75) is 42.5 Å². The van der Waals surface area contributed by atoms with Gasteiger partial charge in [0.2, 0.25) is 11.3 Å². The standard InChI is InChI=1S/C26H25N3O6S/c1-12-9-15(12)14-7-8-16-19(11-14)35-26(32)17-5-4-6-18(27)21(17)23(30)25(16,26)29-24(31)22-13(2)10-20(28-22)36(3,33)34/h4-8,10-12,15,28,32H,9,27H2,1-3H3,(H,29,31)/t12-,15+,25?,26?/m1/s1. The van der Waals surface area contributed by atoms with Crippen LogP contribution in [0.2, 0.25) is 0 Å². The summed E-state index contributed by atoms with van der Waals surface area (Å²) >= 11 is 0. The first kappa shape index (κ1) is 22.8. The third kappa shape index (κ3) is 2.82. The molecule has 2 unspecified atom stereocenters. The average molecular weight is 508 g/mol. The lowest BCUT2D eigenvalue weighted by molar-refractivity contribution is -0.169. The number of nitrogens with two attached hydrogens (primary N) is 1. The smallest absolute Gasteiger partial charge is 0.271 e. The van der Waals surface area contributed by atoms with Crippen LogP contribution >= 0.6 is 0 Å². The fourth-order valence-electron chi connectivity index (χ4n) is 5.60. The minimum absolute atomic E-state index is 0.0410. The number of carbonyl (C=O) groups excluding carboxylic acids is 2. The first-order chi connectivity index (χ1) is 16.9. The lowest BCUT2D eigenvalue weighted by atomic mass is 9.82. The number of aliphatic hydroxyl groups is 1. The third-order valence-corrected chi connectivity index (χ3v) is 8.68. The number of hydrogen-bond acceptors (Lipinski definition) is 7. The van der Waals surface area contributed by atoms with Gasteiger partial charge in [0.1, 0.15) is 16.5 Å². The summed E-state index contributed by atoms with van der Waals surface area (Å²) in [6.45, 7) is 3.73. The van der Waals surface area contributed by atoms with Gasteiger partial charge in [-0.1, -0.05) is 31.2 Å². The molecule has 2 aromatic carbocycles. The van der Waals surface area contributed by atoms with Gasteiger partial charge in [0.05, 0.1) is 5.56 Å². The highest BCUT2D eigenvalue weighted by atomic mass is 32.2. The molecule has 6 rings (SSSR count). The van der Waals surface area contributed by atoms with Crippen LogP contribution in [0, 0.1) is 12.8 Å². The molecule has 0 radical (unpaired) electrons. The number of amides is 1. The van der Waals surface area contributed by atoms with Gasteiger partial charge >= 0.3 is 0 Å². The molecule has 1 aliphatic heterocycles. The number of anilines is 1. The van der Waals surface area contributed by atoms with E-state index in [1.807, 2.05) is 12.1 Å². The van der Waals surface area contributed by atoms with Crippen LogP contribution in [-0.2, 0) is 21.2 Å². The van der Waals surface area contributed by atoms with Crippen LogP contribution in [-0.4, -0.2) is 36.5 Å². The molecule has 3 aromatic rings. The molecule has 1 aromatic heterocycles. The van der Waals surface area contributed by atoms with Crippen LogP contribution in [0.25, 0.3) is 0 Å². The summed E-state index contributed by atoms with van der Waals surface area (Å²) in [6.07, 6.45) is 2.06. The minimum Gasteiger partial charge on any atom is -0.454 e. The lowest BCUT2D eigenvalue weighted by Crippen LogP contribution is -2.60. The molecule has 186 valence electrons. The molecule has 0 spiro atoms. The molecule has 3 aliphatic rings. The maximum Gasteiger partial charge on any atom is 0.271 e. The van der Waals surface area contributed by atoms with Crippen LogP contribution in [0.15, 0.2) is 47.5 Å². The van der Waals surface area contributed by atoms with E-state index in [-0.39, 0.29) is 27.5 Å². The van der Waals surface area contributed by atoms with Crippen molar-refractivity contribution >= 4 is 27.2 Å². The number of fused-ring (bicyclic) bond motifs is 5. The fraction of sp³-hybridized carbons (Fsp3) is 0.308. The first-order valence-corrected chi connectivity index (χ1v) is 13.5. The molecule has 1 amide bonds. The van der Waals surface area contributed by atoms with Gasteiger partial charge in [-0.05, 0) is 54.5 Å². The Morgan fingerprint density at radius 2 is 1.94 bits per heavy atom. The molecule has 1 saturated carbocycles. The molecule has 1 fully saturated rings. The number of hydrogen-bond donors (Lipinski definition) is 4. The lowest BCUT2D eigenvalue weighted by Gasteiger charge is -2.34. The molecule has 0 saturated heterocycles. The highest BCUT2D eigenvalue weighted by Crippen LogP contribution is 2.60. The SMILES string of the molecule is Cc1cc(S(C)(=O)=O)[nH]c1C(=O)NC12C(=O)c3c(N)cccc3C1(O)Oc1cc([C@H]3C[C@H]3C)ccc12. The minimum atomic E-state index is -3.61. The number of H-pyrrole nitrogens is 1. The molecule has 2 heterocycles. The predicted octanol–water partition coefficient (Wildman–Crippen LogP) is 2.49. The zero-order valence-corrected chi connectivity index (χ0v) is 20.7. The number of aromatic nitrogens is 1. The predicted molar refractivity (Wildman–Crippen MR) is 130 cm³/mol. The summed E-state index contributed by atoms with van der Waals surface area (Å²) in [5.74, 6) is -2.42. The Labute approximate surface area is 207 Å². The van der Waals surface area contributed by atoms with Crippen molar-refractivity contribution in [2.24, 2.45) is 5.92 Å². The Hall–Kier alpha value is -3.63. The molecule has 2 aliphatic carbocycles. The number of carbonyl (C=O) groups is 2. The Bertz CT molecular complexity index is 1610. The van der Waals surface area contributed by atoms with Gasteiger partial charge in [-0.15, -0.1) is 0 Å². The third-order valence-electron chi connectivity index (χ3n) is 7.66. The number of nitrogens with one attached hydrogen (secondary N) is 2. The van der Waals surface area contributed by atoms with Crippen LogP contribution in [0.4, 0.5) is 5.69 Å². The number of aryl methyl sites for hydroxylation is 1. The number of rotatable bonds is 4. The molecule has 36 heavy (non-hydrogen) atoms. The molecule has 5 N–H and O–H groups in total. The molecule has 0 bridgehead atoms. The van der Waals surface area contributed by atoms with E-state index in [0.717, 1.165) is 18.2 Å². The van der Waals surface area contributed by atoms with Crippen LogP contribution in [0.1, 0.15) is 62.4 Å². The van der Waals surface area contributed by atoms with E-state index in [9.17, 15) is 23.1 Å². The van der Waals surface area contributed by atoms with Crippen molar-refractivity contribution in [3.8, 4) is 5.75 Å². The van der Waals surface area contributed by atoms with Gasteiger partial charge in [-0.25, -0.2) is 8.42 Å². The van der Waals surface area contributed by atoms with E-state index in [4.69, 9.17) is 10.5 Å². The maximum absolute atomic E-state index is 14.0. The first-order valence-electron chi connectivity index (χ1n) is 11.6. The van der Waals surface area contributed by atoms with E-state index in [2.05, 4.69) is 17.2 Å². The van der Waals surface area contributed by atoms with Crippen LogP contribution in [0.3, 0.4) is 0 Å². The van der Waals surface area contributed by atoms with Crippen molar-refractivity contribution in [3.05, 3.63) is 76.0 Å². The van der Waals surface area contributed by atoms with E-state index < -0.39 is 32.9 Å². The highest BCUT2D eigenvalue weighted by Gasteiger charge is 2.72. The second kappa shape index (κ2) is 6.98. The van der Waals surface area contributed by atoms with Gasteiger partial charge in [-0.3, -0.25) is 9.59 Å². The number of aromatic amines is 1. The van der Waals surface area contributed by atoms with Gasteiger partial charge in [0.25, 0.3) is 11.7 Å². The zero-order chi connectivity index (χ0) is 25.8. The van der Waals surface area contributed by atoms with Crippen LogP contribution < -0.4 is 15.8 Å². The summed E-state index contributed by atoms with van der Waals surface area (Å²) in [4.78, 5) is 30.3. The second-order valence-electron chi connectivity index (χ2n) is 10.1. The number of ether oxygens (including phenoxy) is 1. The fourth-order valence-corrected chi connectivity index (χ4v) is 6.28. The number of sulfone groups is 1. The van der Waals surface area contributed by atoms with E-state index in [1.165, 1.54) is 6.07 Å². The molecule has 4 atom stereocenters. The number of benzene rings is 2. The number of nitrogen functional groups attached to an aromatic ring is 1. The zero-order valence-electron chi connectivity index (χ0n) is 19.9. The van der Waals surface area contributed by atoms with E-state index in [0.29, 0.717) is 28.7 Å². The largest absolute Gasteiger partial charge is 0.454 e. The number of Topliss-reactive ketones (excluding diaryl/α,β-unsaturated/α-hetero) is 1.